The van der Waals surface area contributed by atoms with Gasteiger partial charge in [-0.15, -0.1) is 0 Å². The highest BCUT2D eigenvalue weighted by Gasteiger charge is 2.48. The van der Waals surface area contributed by atoms with E-state index in [-0.39, 0.29) is 27.5 Å². The lowest BCUT2D eigenvalue weighted by atomic mass is 9.83. The predicted molar refractivity (Wildman–Crippen MR) is 124 cm³/mol. The zero-order valence-electron chi connectivity index (χ0n) is 17.9. The van der Waals surface area contributed by atoms with Gasteiger partial charge in [0.2, 0.25) is 5.91 Å². The van der Waals surface area contributed by atoms with Crippen molar-refractivity contribution in [3.8, 4) is 16.9 Å². The molecular weight excluding hydrogens is 448 g/mol. The van der Waals surface area contributed by atoms with Gasteiger partial charge in [-0.3, -0.25) is 4.79 Å². The van der Waals surface area contributed by atoms with Crippen molar-refractivity contribution in [3.63, 3.8) is 0 Å². The van der Waals surface area contributed by atoms with E-state index in [1.54, 1.807) is 0 Å². The van der Waals surface area contributed by atoms with Crippen LogP contribution in [0.1, 0.15) is 21.5 Å². The number of carbonyl (C=O) groups is 1. The Labute approximate surface area is 195 Å². The summed E-state index contributed by atoms with van der Waals surface area (Å²) in [6.07, 6.45) is 0.448. The first-order valence-corrected chi connectivity index (χ1v) is 11.0. The third-order valence-corrected chi connectivity index (χ3v) is 7.03. The molecule has 3 aromatic carbocycles. The molecule has 8 heteroatoms. The van der Waals surface area contributed by atoms with E-state index in [9.17, 15) is 4.79 Å². The summed E-state index contributed by atoms with van der Waals surface area (Å²) in [5, 5.41) is 3.19. The number of anilines is 1. The summed E-state index contributed by atoms with van der Waals surface area (Å²) in [6, 6.07) is 14.0. The fourth-order valence-corrected chi connectivity index (χ4v) is 5.46. The summed E-state index contributed by atoms with van der Waals surface area (Å²) in [5.41, 5.74) is 7.35. The largest absolute Gasteiger partial charge is 0.494 e. The fourth-order valence-electron chi connectivity index (χ4n) is 5.20. The van der Waals surface area contributed by atoms with E-state index in [4.69, 9.17) is 22.1 Å². The Morgan fingerprint density at radius 2 is 1.94 bits per heavy atom. The number of hydrogen-bond donors (Lipinski definition) is 2. The minimum Gasteiger partial charge on any atom is -0.494 e. The molecule has 1 unspecified atom stereocenters. The van der Waals surface area contributed by atoms with Gasteiger partial charge in [-0.25, -0.2) is 8.78 Å². The van der Waals surface area contributed by atoms with Gasteiger partial charge in [0, 0.05) is 42.9 Å². The van der Waals surface area contributed by atoms with Crippen LogP contribution in [0.4, 0.5) is 14.5 Å². The second kappa shape index (κ2) is 8.01. The maximum absolute atomic E-state index is 15.6. The van der Waals surface area contributed by atoms with Crippen LogP contribution in [0.5, 0.6) is 5.75 Å². The Morgan fingerprint density at radius 3 is 2.64 bits per heavy atom. The van der Waals surface area contributed by atoms with Gasteiger partial charge in [0.1, 0.15) is 5.82 Å². The van der Waals surface area contributed by atoms with Gasteiger partial charge in [-0.05, 0) is 29.3 Å². The number of methoxy groups -OCH3 is 1. The van der Waals surface area contributed by atoms with Crippen molar-refractivity contribution in [1.82, 2.24) is 5.32 Å². The number of halogens is 3. The highest BCUT2D eigenvalue weighted by molar-refractivity contribution is 6.34. The summed E-state index contributed by atoms with van der Waals surface area (Å²) >= 11 is 6.48. The van der Waals surface area contributed by atoms with Crippen LogP contribution in [0.15, 0.2) is 48.5 Å². The highest BCUT2D eigenvalue weighted by atomic mass is 35.5. The standard InChI is InChI=1S/C25H22ClF2N3O2/c1-33-19-8-7-15(24(29)32)21(23(19)28)20-16-12-25(14-5-3-2-4-6-14)13-30-9-10-31(25)18(16)11-17(27)22(20)26/h2-8,11,30H,9-10,12-13H2,1H3,(H2,29,32). The van der Waals surface area contributed by atoms with Crippen LogP contribution >= 0.6 is 11.6 Å². The van der Waals surface area contributed by atoms with Crippen LogP contribution in [0.3, 0.4) is 0 Å². The molecule has 0 aliphatic carbocycles. The van der Waals surface area contributed by atoms with E-state index < -0.39 is 23.1 Å². The molecule has 170 valence electrons. The number of nitrogens with one attached hydrogen (secondary N) is 1. The lowest BCUT2D eigenvalue weighted by Crippen LogP contribution is -2.57. The van der Waals surface area contributed by atoms with Crippen LogP contribution in [-0.4, -0.2) is 32.7 Å². The Kier molecular flexibility index (Phi) is 5.26. The molecule has 1 fully saturated rings. The first-order chi connectivity index (χ1) is 15.9. The van der Waals surface area contributed by atoms with E-state index in [2.05, 4.69) is 10.2 Å². The second-order valence-electron chi connectivity index (χ2n) is 8.32. The molecule has 1 saturated heterocycles. The molecule has 0 spiro atoms. The lowest BCUT2D eigenvalue weighted by molar-refractivity contribution is 0.100. The summed E-state index contributed by atoms with van der Waals surface area (Å²) in [5.74, 6) is -2.42. The van der Waals surface area contributed by atoms with Crippen LogP contribution in [0.2, 0.25) is 5.02 Å². The van der Waals surface area contributed by atoms with Crippen molar-refractivity contribution in [2.24, 2.45) is 5.73 Å². The molecule has 2 aliphatic heterocycles. The Morgan fingerprint density at radius 1 is 1.18 bits per heavy atom. The number of piperazine rings is 1. The highest BCUT2D eigenvalue weighted by Crippen LogP contribution is 2.52. The van der Waals surface area contributed by atoms with E-state index in [1.807, 2.05) is 30.3 Å². The van der Waals surface area contributed by atoms with Gasteiger partial charge >= 0.3 is 0 Å². The van der Waals surface area contributed by atoms with Crippen LogP contribution < -0.4 is 20.7 Å². The van der Waals surface area contributed by atoms with Crippen molar-refractivity contribution in [2.45, 2.75) is 12.0 Å². The number of amides is 1. The molecule has 3 N–H and O–H groups in total. The topological polar surface area (TPSA) is 67.6 Å². The molecule has 3 aromatic rings. The minimum atomic E-state index is -0.837. The maximum Gasteiger partial charge on any atom is 0.249 e. The van der Waals surface area contributed by atoms with Crippen molar-refractivity contribution < 1.29 is 18.3 Å². The first kappa shape index (κ1) is 21.7. The molecule has 0 saturated carbocycles. The number of rotatable bonds is 4. The van der Waals surface area contributed by atoms with E-state index in [0.29, 0.717) is 37.3 Å². The number of carbonyl (C=O) groups excluding carboxylic acids is 1. The van der Waals surface area contributed by atoms with Crippen LogP contribution in [-0.2, 0) is 12.0 Å². The second-order valence-corrected chi connectivity index (χ2v) is 8.69. The number of fused-ring (bicyclic) bond motifs is 3. The van der Waals surface area contributed by atoms with Gasteiger partial charge in [0.15, 0.2) is 11.6 Å². The zero-order valence-corrected chi connectivity index (χ0v) is 18.7. The fraction of sp³-hybridized carbons (Fsp3) is 0.240. The zero-order chi connectivity index (χ0) is 23.3. The molecule has 2 aliphatic rings. The Hall–Kier alpha value is -3.16. The summed E-state index contributed by atoms with van der Waals surface area (Å²) in [4.78, 5) is 14.4. The van der Waals surface area contributed by atoms with E-state index in [1.165, 1.54) is 25.3 Å². The monoisotopic (exact) mass is 469 g/mol. The molecule has 0 aromatic heterocycles. The number of hydrogen-bond acceptors (Lipinski definition) is 4. The smallest absolute Gasteiger partial charge is 0.249 e. The van der Waals surface area contributed by atoms with Crippen molar-refractivity contribution in [3.05, 3.63) is 81.9 Å². The molecule has 1 amide bonds. The van der Waals surface area contributed by atoms with Gasteiger partial charge < -0.3 is 20.7 Å². The van der Waals surface area contributed by atoms with E-state index >= 15 is 8.78 Å². The van der Waals surface area contributed by atoms with E-state index in [0.717, 1.165) is 5.56 Å². The number of nitrogens with two attached hydrogens (primary N) is 1. The number of primary amides is 1. The predicted octanol–water partition coefficient (Wildman–Crippen LogP) is 4.25. The lowest BCUT2D eigenvalue weighted by Gasteiger charge is -2.45. The summed E-state index contributed by atoms with van der Waals surface area (Å²) < 4.78 is 35.9. The normalized spacial score (nSPS) is 19.2. The summed E-state index contributed by atoms with van der Waals surface area (Å²) in [6.45, 7) is 1.97. The van der Waals surface area contributed by atoms with Gasteiger partial charge in [-0.2, -0.15) is 0 Å². The molecule has 2 heterocycles. The molecule has 1 atom stereocenters. The third kappa shape index (κ3) is 3.18. The molecule has 5 nitrogen and oxygen atoms in total. The van der Waals surface area contributed by atoms with Gasteiger partial charge in [0.05, 0.1) is 23.2 Å². The average Bonchev–Trinajstić information content (AvgIpc) is 3.15. The number of ether oxygens (including phenoxy) is 1. The van der Waals surface area contributed by atoms with Gasteiger partial charge in [0.25, 0.3) is 0 Å². The molecule has 33 heavy (non-hydrogen) atoms. The molecular formula is C25H22ClF2N3O2. The third-order valence-electron chi connectivity index (χ3n) is 6.66. The van der Waals surface area contributed by atoms with Crippen molar-refractivity contribution >= 4 is 23.2 Å². The molecule has 5 rings (SSSR count). The maximum atomic E-state index is 15.6. The Bertz CT molecular complexity index is 1270. The molecule has 0 bridgehead atoms. The van der Waals surface area contributed by atoms with Crippen molar-refractivity contribution in [1.29, 1.82) is 0 Å². The number of benzene rings is 3. The minimum absolute atomic E-state index is 0.0836. The first-order valence-electron chi connectivity index (χ1n) is 10.6. The molecule has 0 radical (unpaired) electrons. The quantitative estimate of drug-likeness (QED) is 0.599. The average molecular weight is 470 g/mol. The van der Waals surface area contributed by atoms with Crippen molar-refractivity contribution in [2.75, 3.05) is 31.6 Å². The van der Waals surface area contributed by atoms with Crippen LogP contribution in [0.25, 0.3) is 11.1 Å². The Balaban J connectivity index is 1.82. The SMILES string of the molecule is COc1ccc(C(N)=O)c(-c2c(Cl)c(F)cc3c2CC2(c4ccccc4)CNCCN32)c1F. The summed E-state index contributed by atoms with van der Waals surface area (Å²) in [7, 11) is 1.32. The van der Waals surface area contributed by atoms with Gasteiger partial charge in [-0.1, -0.05) is 41.9 Å². The van der Waals surface area contributed by atoms with Crippen LogP contribution in [0, 0.1) is 11.6 Å². The number of nitrogens with zero attached hydrogens (tertiary/aromatic N) is 1.